The lowest BCUT2D eigenvalue weighted by atomic mass is 10.1. The number of anilines is 1. The fourth-order valence-electron chi connectivity index (χ4n) is 2.30. The molecular formula is C18H17N5OS2. The minimum absolute atomic E-state index is 0.165. The standard InChI is InChI=1S/C18H17N5OS2/c1-12(16(24)20-17-14(11-19)8-9-25-17)26-18-22-21-15(23(18)2)10-13-6-4-3-5-7-13/h3-9,12H,10H2,1-2H3,(H,20,24)/t12-/m1/s1. The van der Waals surface area contributed by atoms with Crippen molar-refractivity contribution in [1.29, 1.82) is 5.26 Å². The number of carbonyl (C=O) groups is 1. The van der Waals surface area contributed by atoms with Crippen LogP contribution in [-0.2, 0) is 18.3 Å². The molecule has 26 heavy (non-hydrogen) atoms. The molecule has 0 aliphatic carbocycles. The minimum atomic E-state index is -0.365. The molecule has 8 heteroatoms. The highest BCUT2D eigenvalue weighted by Gasteiger charge is 2.20. The predicted molar refractivity (Wildman–Crippen MR) is 103 cm³/mol. The Morgan fingerprint density at radius 3 is 2.85 bits per heavy atom. The number of hydrogen-bond donors (Lipinski definition) is 1. The summed E-state index contributed by atoms with van der Waals surface area (Å²) in [4.78, 5) is 12.4. The number of nitrogens with zero attached hydrogens (tertiary/aromatic N) is 4. The number of benzene rings is 1. The zero-order valence-electron chi connectivity index (χ0n) is 14.3. The molecule has 0 fully saturated rings. The normalized spacial score (nSPS) is 11.7. The van der Waals surface area contributed by atoms with Crippen molar-refractivity contribution in [3.63, 3.8) is 0 Å². The number of rotatable bonds is 6. The first-order valence-corrected chi connectivity index (χ1v) is 9.71. The Balaban J connectivity index is 1.65. The Morgan fingerprint density at radius 1 is 1.35 bits per heavy atom. The Kier molecular flexibility index (Phi) is 5.71. The van der Waals surface area contributed by atoms with Gasteiger partial charge in [-0.25, -0.2) is 0 Å². The summed E-state index contributed by atoms with van der Waals surface area (Å²) in [5, 5.41) is 23.0. The molecule has 2 heterocycles. The molecule has 1 N–H and O–H groups in total. The average Bonchev–Trinajstić information content (AvgIpc) is 3.23. The van der Waals surface area contributed by atoms with Gasteiger partial charge in [0.15, 0.2) is 5.16 Å². The number of nitriles is 1. The third kappa shape index (κ3) is 4.12. The van der Waals surface area contributed by atoms with Gasteiger partial charge in [0, 0.05) is 13.5 Å². The molecule has 1 aromatic carbocycles. The van der Waals surface area contributed by atoms with Gasteiger partial charge in [-0.1, -0.05) is 42.1 Å². The lowest BCUT2D eigenvalue weighted by Gasteiger charge is -2.11. The minimum Gasteiger partial charge on any atom is -0.316 e. The van der Waals surface area contributed by atoms with Crippen molar-refractivity contribution < 1.29 is 4.79 Å². The first-order valence-electron chi connectivity index (χ1n) is 7.95. The topological polar surface area (TPSA) is 83.6 Å². The molecule has 1 atom stereocenters. The van der Waals surface area contributed by atoms with E-state index in [9.17, 15) is 4.79 Å². The van der Waals surface area contributed by atoms with Crippen LogP contribution in [0.2, 0.25) is 0 Å². The Labute approximate surface area is 159 Å². The molecule has 0 radical (unpaired) electrons. The highest BCUT2D eigenvalue weighted by molar-refractivity contribution is 8.00. The van der Waals surface area contributed by atoms with Crippen molar-refractivity contribution >= 4 is 34.0 Å². The van der Waals surface area contributed by atoms with Crippen LogP contribution < -0.4 is 5.32 Å². The van der Waals surface area contributed by atoms with Gasteiger partial charge in [-0.05, 0) is 23.9 Å². The molecule has 3 rings (SSSR count). The molecule has 0 unspecified atom stereocenters. The number of nitrogens with one attached hydrogen (secondary N) is 1. The third-order valence-corrected chi connectivity index (χ3v) is 5.77. The number of hydrogen-bond acceptors (Lipinski definition) is 6. The molecule has 0 spiro atoms. The number of carbonyl (C=O) groups excluding carboxylic acids is 1. The number of thiophene rings is 1. The molecule has 1 amide bonds. The first kappa shape index (κ1) is 18.2. The van der Waals surface area contributed by atoms with Gasteiger partial charge < -0.3 is 9.88 Å². The van der Waals surface area contributed by atoms with Crippen LogP contribution in [0.5, 0.6) is 0 Å². The van der Waals surface area contributed by atoms with E-state index in [1.54, 1.807) is 11.4 Å². The second-order valence-electron chi connectivity index (χ2n) is 5.64. The molecule has 0 saturated heterocycles. The van der Waals surface area contributed by atoms with E-state index in [2.05, 4.69) is 21.6 Å². The molecular weight excluding hydrogens is 366 g/mol. The summed E-state index contributed by atoms with van der Waals surface area (Å²) in [6.45, 7) is 1.81. The molecule has 3 aromatic rings. The maximum atomic E-state index is 12.4. The second-order valence-corrected chi connectivity index (χ2v) is 7.87. The molecule has 0 bridgehead atoms. The van der Waals surface area contributed by atoms with E-state index in [1.807, 2.05) is 48.9 Å². The van der Waals surface area contributed by atoms with Gasteiger partial charge in [0.1, 0.15) is 16.9 Å². The van der Waals surface area contributed by atoms with Gasteiger partial charge in [0.2, 0.25) is 5.91 Å². The second kappa shape index (κ2) is 8.17. The van der Waals surface area contributed by atoms with Crippen LogP contribution >= 0.6 is 23.1 Å². The highest BCUT2D eigenvalue weighted by atomic mass is 32.2. The van der Waals surface area contributed by atoms with E-state index in [0.717, 1.165) is 11.4 Å². The smallest absolute Gasteiger partial charge is 0.238 e. The van der Waals surface area contributed by atoms with Crippen molar-refractivity contribution in [2.75, 3.05) is 5.32 Å². The van der Waals surface area contributed by atoms with E-state index in [1.165, 1.54) is 23.1 Å². The summed E-state index contributed by atoms with van der Waals surface area (Å²) in [5.41, 5.74) is 1.64. The summed E-state index contributed by atoms with van der Waals surface area (Å²) < 4.78 is 1.91. The molecule has 132 valence electrons. The average molecular weight is 384 g/mol. The van der Waals surface area contributed by atoms with E-state index >= 15 is 0 Å². The van der Waals surface area contributed by atoms with Gasteiger partial charge in [0.25, 0.3) is 0 Å². The van der Waals surface area contributed by atoms with E-state index in [0.29, 0.717) is 22.1 Å². The number of aromatic nitrogens is 3. The number of thioether (sulfide) groups is 1. The molecule has 0 aliphatic heterocycles. The van der Waals surface area contributed by atoms with Crippen LogP contribution in [0.4, 0.5) is 5.00 Å². The summed E-state index contributed by atoms with van der Waals surface area (Å²) in [5.74, 6) is 0.679. The Morgan fingerprint density at radius 2 is 2.12 bits per heavy atom. The van der Waals surface area contributed by atoms with Gasteiger partial charge >= 0.3 is 0 Å². The van der Waals surface area contributed by atoms with Crippen molar-refractivity contribution in [1.82, 2.24) is 14.8 Å². The van der Waals surface area contributed by atoms with Crippen molar-refractivity contribution in [2.24, 2.45) is 7.05 Å². The van der Waals surface area contributed by atoms with Gasteiger partial charge in [-0.2, -0.15) is 5.26 Å². The maximum absolute atomic E-state index is 12.4. The van der Waals surface area contributed by atoms with Gasteiger partial charge in [0.05, 0.1) is 10.8 Å². The SMILES string of the molecule is C[C@@H](Sc1nnc(Cc2ccccc2)n1C)C(=O)Nc1sccc1C#N. The van der Waals surface area contributed by atoms with Crippen LogP contribution in [0.1, 0.15) is 23.9 Å². The lowest BCUT2D eigenvalue weighted by Crippen LogP contribution is -2.22. The lowest BCUT2D eigenvalue weighted by molar-refractivity contribution is -0.115. The van der Waals surface area contributed by atoms with Gasteiger partial charge in [-0.15, -0.1) is 21.5 Å². The summed E-state index contributed by atoms with van der Waals surface area (Å²) in [7, 11) is 1.90. The van der Waals surface area contributed by atoms with Crippen LogP contribution in [0.25, 0.3) is 0 Å². The summed E-state index contributed by atoms with van der Waals surface area (Å²) >= 11 is 2.68. The van der Waals surface area contributed by atoms with E-state index in [-0.39, 0.29) is 11.2 Å². The fourth-order valence-corrected chi connectivity index (χ4v) is 3.87. The van der Waals surface area contributed by atoms with Crippen LogP contribution in [0.3, 0.4) is 0 Å². The quantitative estimate of drug-likeness (QED) is 0.659. The van der Waals surface area contributed by atoms with Crippen molar-refractivity contribution in [3.8, 4) is 6.07 Å². The fraction of sp³-hybridized carbons (Fsp3) is 0.222. The zero-order valence-corrected chi connectivity index (χ0v) is 16.0. The largest absolute Gasteiger partial charge is 0.316 e. The van der Waals surface area contributed by atoms with E-state index in [4.69, 9.17) is 5.26 Å². The molecule has 0 saturated carbocycles. The number of amides is 1. The van der Waals surface area contributed by atoms with Crippen LogP contribution in [0, 0.1) is 11.3 Å². The van der Waals surface area contributed by atoms with Crippen molar-refractivity contribution in [2.45, 2.75) is 23.8 Å². The van der Waals surface area contributed by atoms with Crippen molar-refractivity contribution in [3.05, 3.63) is 58.7 Å². The third-order valence-electron chi connectivity index (χ3n) is 3.80. The molecule has 0 aliphatic rings. The molecule has 6 nitrogen and oxygen atoms in total. The maximum Gasteiger partial charge on any atom is 0.238 e. The van der Waals surface area contributed by atoms with Crippen LogP contribution in [0.15, 0.2) is 46.9 Å². The first-order chi connectivity index (χ1) is 12.6. The Bertz CT molecular complexity index is 942. The van der Waals surface area contributed by atoms with Crippen LogP contribution in [-0.4, -0.2) is 25.9 Å². The predicted octanol–water partition coefficient (Wildman–Crippen LogP) is 3.46. The Hall–Kier alpha value is -2.63. The zero-order chi connectivity index (χ0) is 18.5. The van der Waals surface area contributed by atoms with Gasteiger partial charge in [-0.3, -0.25) is 4.79 Å². The molecule has 2 aromatic heterocycles. The highest BCUT2D eigenvalue weighted by Crippen LogP contribution is 2.26. The monoisotopic (exact) mass is 383 g/mol. The summed E-state index contributed by atoms with van der Waals surface area (Å²) in [6, 6.07) is 13.8. The van der Waals surface area contributed by atoms with E-state index < -0.39 is 0 Å². The summed E-state index contributed by atoms with van der Waals surface area (Å²) in [6.07, 6.45) is 0.687.